The summed E-state index contributed by atoms with van der Waals surface area (Å²) in [5, 5.41) is 3.36. The van der Waals surface area contributed by atoms with Crippen LogP contribution in [0.25, 0.3) is 0 Å². The van der Waals surface area contributed by atoms with Crippen molar-refractivity contribution >= 4 is 21.8 Å². The second kappa shape index (κ2) is 5.36. The third-order valence-electron chi connectivity index (χ3n) is 2.95. The van der Waals surface area contributed by atoms with Crippen LogP contribution >= 0.6 is 15.9 Å². The van der Waals surface area contributed by atoms with E-state index < -0.39 is 5.82 Å². The first kappa shape index (κ1) is 13.5. The van der Waals surface area contributed by atoms with Crippen LogP contribution < -0.4 is 5.32 Å². The largest absolute Gasteiger partial charge is 0.336 e. The summed E-state index contributed by atoms with van der Waals surface area (Å²) in [5.74, 6) is -0.514. The predicted octanol–water partition coefficient (Wildman–Crippen LogP) is 2.41. The Bertz CT molecular complexity index is 436. The van der Waals surface area contributed by atoms with Crippen molar-refractivity contribution in [3.05, 3.63) is 34.1 Å². The summed E-state index contributed by atoms with van der Waals surface area (Å²) in [6.07, 6.45) is 0. The summed E-state index contributed by atoms with van der Waals surface area (Å²) in [6.45, 7) is 5.38. The molecule has 2 atom stereocenters. The van der Waals surface area contributed by atoms with Crippen LogP contribution in [-0.4, -0.2) is 36.0 Å². The van der Waals surface area contributed by atoms with Crippen molar-refractivity contribution in [1.82, 2.24) is 10.2 Å². The van der Waals surface area contributed by atoms with Gasteiger partial charge in [0.25, 0.3) is 5.91 Å². The molecule has 1 aliphatic rings. The number of hydrogen-bond acceptors (Lipinski definition) is 2. The van der Waals surface area contributed by atoms with Gasteiger partial charge >= 0.3 is 0 Å². The molecule has 1 amide bonds. The zero-order valence-electron chi connectivity index (χ0n) is 10.4. The number of hydrogen-bond donors (Lipinski definition) is 1. The Labute approximate surface area is 114 Å². The summed E-state index contributed by atoms with van der Waals surface area (Å²) in [6, 6.07) is 4.80. The number of benzene rings is 1. The first-order valence-corrected chi connectivity index (χ1v) is 6.76. The van der Waals surface area contributed by atoms with Gasteiger partial charge in [0.15, 0.2) is 0 Å². The van der Waals surface area contributed by atoms with E-state index in [0.717, 1.165) is 0 Å². The fourth-order valence-electron chi connectivity index (χ4n) is 2.35. The lowest BCUT2D eigenvalue weighted by Gasteiger charge is -2.36. The van der Waals surface area contributed by atoms with E-state index in [1.54, 1.807) is 11.0 Å². The van der Waals surface area contributed by atoms with Gasteiger partial charge < -0.3 is 10.2 Å². The molecule has 1 saturated heterocycles. The van der Waals surface area contributed by atoms with Crippen LogP contribution in [0.2, 0.25) is 0 Å². The number of carbonyl (C=O) groups excluding carboxylic acids is 1. The van der Waals surface area contributed by atoms with Crippen LogP contribution in [0, 0.1) is 5.82 Å². The standard InChI is InChI=1S/C13H16BrFN2O/c1-8-6-17(7-9(2)16-8)13(18)10-3-11(14)5-12(15)4-10/h3-5,8-9,16H,6-7H2,1-2H3. The average molecular weight is 315 g/mol. The fourth-order valence-corrected chi connectivity index (χ4v) is 2.82. The van der Waals surface area contributed by atoms with Crippen LogP contribution in [0.4, 0.5) is 4.39 Å². The molecule has 0 radical (unpaired) electrons. The minimum Gasteiger partial charge on any atom is -0.336 e. The van der Waals surface area contributed by atoms with Gasteiger partial charge in [-0.1, -0.05) is 15.9 Å². The van der Waals surface area contributed by atoms with E-state index in [4.69, 9.17) is 0 Å². The Morgan fingerprint density at radius 1 is 1.33 bits per heavy atom. The highest BCUT2D eigenvalue weighted by molar-refractivity contribution is 9.10. The molecule has 2 unspecified atom stereocenters. The Hall–Kier alpha value is -0.940. The summed E-state index contributed by atoms with van der Waals surface area (Å²) in [7, 11) is 0. The highest BCUT2D eigenvalue weighted by Gasteiger charge is 2.25. The van der Waals surface area contributed by atoms with Crippen LogP contribution in [0.1, 0.15) is 24.2 Å². The Morgan fingerprint density at radius 2 is 1.94 bits per heavy atom. The Morgan fingerprint density at radius 3 is 2.50 bits per heavy atom. The first-order valence-electron chi connectivity index (χ1n) is 5.97. The topological polar surface area (TPSA) is 32.3 Å². The van der Waals surface area contributed by atoms with Crippen molar-refractivity contribution < 1.29 is 9.18 Å². The van der Waals surface area contributed by atoms with Crippen molar-refractivity contribution in [2.24, 2.45) is 0 Å². The Balaban J connectivity index is 2.20. The lowest BCUT2D eigenvalue weighted by Crippen LogP contribution is -2.55. The highest BCUT2D eigenvalue weighted by Crippen LogP contribution is 2.17. The van der Waals surface area contributed by atoms with Gasteiger partial charge in [-0.25, -0.2) is 4.39 Å². The minimum absolute atomic E-state index is 0.115. The molecule has 2 rings (SSSR count). The number of amides is 1. The van der Waals surface area contributed by atoms with E-state index in [9.17, 15) is 9.18 Å². The number of piperazine rings is 1. The Kier molecular flexibility index (Phi) is 4.02. The molecule has 0 spiro atoms. The fraction of sp³-hybridized carbons (Fsp3) is 0.462. The molecule has 98 valence electrons. The molecule has 1 heterocycles. The van der Waals surface area contributed by atoms with Crippen molar-refractivity contribution in [2.45, 2.75) is 25.9 Å². The minimum atomic E-state index is -0.399. The van der Waals surface area contributed by atoms with Gasteiger partial charge in [-0.2, -0.15) is 0 Å². The van der Waals surface area contributed by atoms with E-state index in [-0.39, 0.29) is 18.0 Å². The molecule has 3 nitrogen and oxygen atoms in total. The second-order valence-corrected chi connectivity index (χ2v) is 5.75. The van der Waals surface area contributed by atoms with Crippen LogP contribution in [-0.2, 0) is 0 Å². The van der Waals surface area contributed by atoms with E-state index in [1.165, 1.54) is 12.1 Å². The maximum atomic E-state index is 13.3. The molecule has 5 heteroatoms. The summed E-state index contributed by atoms with van der Waals surface area (Å²) < 4.78 is 13.9. The first-order chi connectivity index (χ1) is 8.45. The molecule has 0 aromatic heterocycles. The lowest BCUT2D eigenvalue weighted by molar-refractivity contribution is 0.0673. The monoisotopic (exact) mass is 314 g/mol. The molecular weight excluding hydrogens is 299 g/mol. The molecule has 18 heavy (non-hydrogen) atoms. The zero-order valence-corrected chi connectivity index (χ0v) is 12.0. The summed E-state index contributed by atoms with van der Waals surface area (Å²) in [5.41, 5.74) is 0.392. The van der Waals surface area contributed by atoms with Crippen molar-refractivity contribution in [3.8, 4) is 0 Å². The van der Waals surface area contributed by atoms with Crippen LogP contribution in [0.3, 0.4) is 0 Å². The molecule has 0 saturated carbocycles. The highest BCUT2D eigenvalue weighted by atomic mass is 79.9. The predicted molar refractivity (Wildman–Crippen MR) is 72.1 cm³/mol. The molecule has 0 aliphatic carbocycles. The van der Waals surface area contributed by atoms with Crippen molar-refractivity contribution in [1.29, 1.82) is 0 Å². The van der Waals surface area contributed by atoms with Gasteiger partial charge in [0.1, 0.15) is 5.82 Å². The summed E-state index contributed by atoms with van der Waals surface area (Å²) in [4.78, 5) is 14.1. The van der Waals surface area contributed by atoms with Crippen LogP contribution in [0.15, 0.2) is 22.7 Å². The average Bonchev–Trinajstić information content (AvgIpc) is 2.25. The zero-order chi connectivity index (χ0) is 13.3. The molecule has 1 N–H and O–H groups in total. The van der Waals surface area contributed by atoms with E-state index in [2.05, 4.69) is 21.2 Å². The third kappa shape index (κ3) is 3.09. The van der Waals surface area contributed by atoms with E-state index in [0.29, 0.717) is 23.1 Å². The third-order valence-corrected chi connectivity index (χ3v) is 3.41. The second-order valence-electron chi connectivity index (χ2n) is 4.84. The molecule has 1 aromatic carbocycles. The molecule has 1 aromatic rings. The quantitative estimate of drug-likeness (QED) is 0.863. The smallest absolute Gasteiger partial charge is 0.254 e. The van der Waals surface area contributed by atoms with E-state index >= 15 is 0 Å². The van der Waals surface area contributed by atoms with E-state index in [1.807, 2.05) is 13.8 Å². The maximum absolute atomic E-state index is 13.3. The van der Waals surface area contributed by atoms with Gasteiger partial charge in [-0.05, 0) is 32.0 Å². The maximum Gasteiger partial charge on any atom is 0.254 e. The van der Waals surface area contributed by atoms with Gasteiger partial charge in [0, 0.05) is 35.2 Å². The number of rotatable bonds is 1. The van der Waals surface area contributed by atoms with Crippen molar-refractivity contribution in [2.75, 3.05) is 13.1 Å². The van der Waals surface area contributed by atoms with Gasteiger partial charge in [-0.3, -0.25) is 4.79 Å². The number of nitrogens with zero attached hydrogens (tertiary/aromatic N) is 1. The molecule has 1 fully saturated rings. The number of nitrogens with one attached hydrogen (secondary N) is 1. The van der Waals surface area contributed by atoms with Crippen LogP contribution in [0.5, 0.6) is 0 Å². The van der Waals surface area contributed by atoms with Gasteiger partial charge in [0.2, 0.25) is 0 Å². The normalized spacial score (nSPS) is 24.1. The molecule has 0 bridgehead atoms. The van der Waals surface area contributed by atoms with Gasteiger partial charge in [-0.15, -0.1) is 0 Å². The summed E-state index contributed by atoms with van der Waals surface area (Å²) >= 11 is 3.21. The van der Waals surface area contributed by atoms with Gasteiger partial charge in [0.05, 0.1) is 0 Å². The molecule has 1 aliphatic heterocycles. The number of halogens is 2. The lowest BCUT2D eigenvalue weighted by atomic mass is 10.1. The molecular formula is C13H16BrFN2O. The SMILES string of the molecule is CC1CN(C(=O)c2cc(F)cc(Br)c2)CC(C)N1. The van der Waals surface area contributed by atoms with Crippen molar-refractivity contribution in [3.63, 3.8) is 0 Å². The number of carbonyl (C=O) groups is 1.